The highest BCUT2D eigenvalue weighted by molar-refractivity contribution is 5.70. The fourth-order valence-electron chi connectivity index (χ4n) is 3.03. The smallest absolute Gasteiger partial charge is 0.307 e. The Morgan fingerprint density at radius 1 is 1.45 bits per heavy atom. The molecule has 118 valence electrons. The molecule has 22 heavy (non-hydrogen) atoms. The normalized spacial score (nSPS) is 21.8. The second-order valence-electron chi connectivity index (χ2n) is 5.99. The molecule has 0 spiro atoms. The number of nitrogens with zero attached hydrogens (tertiary/aromatic N) is 2. The van der Waals surface area contributed by atoms with E-state index in [-0.39, 0.29) is 5.92 Å². The Hall–Kier alpha value is -1.90. The van der Waals surface area contributed by atoms with Crippen molar-refractivity contribution in [2.75, 3.05) is 19.6 Å². The SMILES string of the molecule is CCC(O)(CN1CCCC(C(=O)O)C1)c1ccc(C#N)cc1. The second-order valence-corrected chi connectivity index (χ2v) is 5.99. The summed E-state index contributed by atoms with van der Waals surface area (Å²) in [7, 11) is 0. The molecule has 5 heteroatoms. The average Bonchev–Trinajstić information content (AvgIpc) is 2.55. The number of carbonyl (C=O) groups is 1. The molecule has 1 aromatic carbocycles. The predicted molar refractivity (Wildman–Crippen MR) is 82.1 cm³/mol. The molecule has 2 unspecified atom stereocenters. The summed E-state index contributed by atoms with van der Waals surface area (Å²) in [6, 6.07) is 9.02. The Morgan fingerprint density at radius 3 is 2.68 bits per heavy atom. The van der Waals surface area contributed by atoms with Crippen molar-refractivity contribution in [1.29, 1.82) is 5.26 Å². The molecule has 1 aliphatic rings. The fraction of sp³-hybridized carbons (Fsp3) is 0.529. The van der Waals surface area contributed by atoms with E-state index in [0.717, 1.165) is 18.5 Å². The van der Waals surface area contributed by atoms with Gasteiger partial charge in [-0.3, -0.25) is 9.69 Å². The summed E-state index contributed by atoms with van der Waals surface area (Å²) in [5.74, 6) is -1.11. The monoisotopic (exact) mass is 302 g/mol. The Morgan fingerprint density at radius 2 is 2.14 bits per heavy atom. The third-order valence-electron chi connectivity index (χ3n) is 4.48. The van der Waals surface area contributed by atoms with E-state index in [2.05, 4.69) is 6.07 Å². The first-order valence-electron chi connectivity index (χ1n) is 7.66. The molecular weight excluding hydrogens is 280 g/mol. The van der Waals surface area contributed by atoms with Crippen molar-refractivity contribution in [3.8, 4) is 6.07 Å². The molecule has 1 fully saturated rings. The number of piperidine rings is 1. The van der Waals surface area contributed by atoms with Crippen LogP contribution in [-0.4, -0.2) is 40.7 Å². The maximum atomic E-state index is 11.2. The maximum absolute atomic E-state index is 11.2. The Bertz CT molecular complexity index is 564. The van der Waals surface area contributed by atoms with Crippen molar-refractivity contribution >= 4 is 5.97 Å². The molecular formula is C17H22N2O3. The largest absolute Gasteiger partial charge is 0.481 e. The van der Waals surface area contributed by atoms with Gasteiger partial charge in [0.15, 0.2) is 0 Å². The van der Waals surface area contributed by atoms with Gasteiger partial charge in [0.05, 0.1) is 17.6 Å². The van der Waals surface area contributed by atoms with Crippen LogP contribution in [0.2, 0.25) is 0 Å². The summed E-state index contributed by atoms with van der Waals surface area (Å²) >= 11 is 0. The Labute approximate surface area is 130 Å². The van der Waals surface area contributed by atoms with Crippen LogP contribution in [0.5, 0.6) is 0 Å². The van der Waals surface area contributed by atoms with Gasteiger partial charge in [-0.15, -0.1) is 0 Å². The first kappa shape index (κ1) is 16.5. The quantitative estimate of drug-likeness (QED) is 0.868. The molecule has 1 heterocycles. The van der Waals surface area contributed by atoms with Crippen LogP contribution >= 0.6 is 0 Å². The summed E-state index contributed by atoms with van der Waals surface area (Å²) in [5, 5.41) is 29.0. The van der Waals surface area contributed by atoms with E-state index in [1.54, 1.807) is 24.3 Å². The van der Waals surface area contributed by atoms with Crippen LogP contribution in [0.4, 0.5) is 0 Å². The lowest BCUT2D eigenvalue weighted by atomic mass is 9.88. The van der Waals surface area contributed by atoms with Crippen LogP contribution in [0.15, 0.2) is 24.3 Å². The molecule has 2 N–H and O–H groups in total. The zero-order chi connectivity index (χ0) is 16.2. The number of hydrogen-bond donors (Lipinski definition) is 2. The van der Waals surface area contributed by atoms with E-state index >= 15 is 0 Å². The molecule has 2 rings (SSSR count). The van der Waals surface area contributed by atoms with Gasteiger partial charge >= 0.3 is 5.97 Å². The van der Waals surface area contributed by atoms with Gasteiger partial charge in [-0.2, -0.15) is 5.26 Å². The third-order valence-corrected chi connectivity index (χ3v) is 4.48. The summed E-state index contributed by atoms with van der Waals surface area (Å²) in [6.45, 7) is 3.62. The minimum absolute atomic E-state index is 0.351. The lowest BCUT2D eigenvalue weighted by Crippen LogP contribution is -2.46. The van der Waals surface area contributed by atoms with Crippen LogP contribution in [0, 0.1) is 17.2 Å². The maximum Gasteiger partial charge on any atom is 0.307 e. The van der Waals surface area contributed by atoms with Crippen LogP contribution < -0.4 is 0 Å². The molecule has 5 nitrogen and oxygen atoms in total. The number of aliphatic carboxylic acids is 1. The number of hydrogen-bond acceptors (Lipinski definition) is 4. The minimum Gasteiger partial charge on any atom is -0.481 e. The van der Waals surface area contributed by atoms with Gasteiger partial charge in [0, 0.05) is 13.1 Å². The molecule has 0 amide bonds. The van der Waals surface area contributed by atoms with E-state index in [4.69, 9.17) is 10.4 Å². The van der Waals surface area contributed by atoms with E-state index < -0.39 is 11.6 Å². The zero-order valence-electron chi connectivity index (χ0n) is 12.8. The lowest BCUT2D eigenvalue weighted by Gasteiger charge is -2.37. The number of β-amino-alcohol motifs (C(OH)–C–C–N with tert-alkyl or cyclic N) is 1. The van der Waals surface area contributed by atoms with Crippen molar-refractivity contribution in [3.63, 3.8) is 0 Å². The molecule has 0 radical (unpaired) electrons. The number of likely N-dealkylation sites (tertiary alicyclic amines) is 1. The summed E-state index contributed by atoms with van der Waals surface area (Å²) < 4.78 is 0. The number of rotatable bonds is 5. The number of nitriles is 1. The van der Waals surface area contributed by atoms with Gasteiger partial charge in [-0.1, -0.05) is 19.1 Å². The first-order valence-corrected chi connectivity index (χ1v) is 7.66. The van der Waals surface area contributed by atoms with Gasteiger partial charge in [0.2, 0.25) is 0 Å². The van der Waals surface area contributed by atoms with Crippen molar-refractivity contribution in [2.24, 2.45) is 5.92 Å². The molecule has 0 aromatic heterocycles. The first-order chi connectivity index (χ1) is 10.5. The van der Waals surface area contributed by atoms with Crippen LogP contribution in [0.1, 0.15) is 37.3 Å². The van der Waals surface area contributed by atoms with E-state index in [0.29, 0.717) is 31.5 Å². The predicted octanol–water partition coefficient (Wildman–Crippen LogP) is 1.95. The molecule has 0 aliphatic carbocycles. The molecule has 0 saturated carbocycles. The molecule has 1 aliphatic heterocycles. The number of benzene rings is 1. The fourth-order valence-corrected chi connectivity index (χ4v) is 3.03. The summed E-state index contributed by atoms with van der Waals surface area (Å²) in [4.78, 5) is 13.2. The number of aliphatic hydroxyl groups is 1. The van der Waals surface area contributed by atoms with Gasteiger partial charge in [0.25, 0.3) is 0 Å². The third kappa shape index (κ3) is 3.65. The van der Waals surface area contributed by atoms with Crippen LogP contribution in [0.3, 0.4) is 0 Å². The van der Waals surface area contributed by atoms with Crippen molar-refractivity contribution in [2.45, 2.75) is 31.8 Å². The van der Waals surface area contributed by atoms with Crippen molar-refractivity contribution in [3.05, 3.63) is 35.4 Å². The zero-order valence-corrected chi connectivity index (χ0v) is 12.8. The Kier molecular flexibility index (Phi) is 5.17. The van der Waals surface area contributed by atoms with Gasteiger partial charge in [-0.05, 0) is 43.5 Å². The van der Waals surface area contributed by atoms with E-state index in [9.17, 15) is 9.90 Å². The highest BCUT2D eigenvalue weighted by Gasteiger charge is 2.33. The summed E-state index contributed by atoms with van der Waals surface area (Å²) in [6.07, 6.45) is 2.07. The summed E-state index contributed by atoms with van der Waals surface area (Å²) in [5.41, 5.74) is 0.312. The van der Waals surface area contributed by atoms with Crippen LogP contribution in [-0.2, 0) is 10.4 Å². The Balaban J connectivity index is 2.12. The van der Waals surface area contributed by atoms with Gasteiger partial charge in [0.1, 0.15) is 5.60 Å². The minimum atomic E-state index is -1.02. The van der Waals surface area contributed by atoms with Crippen LogP contribution in [0.25, 0.3) is 0 Å². The number of carboxylic acids is 1. The van der Waals surface area contributed by atoms with E-state index in [1.165, 1.54) is 0 Å². The highest BCUT2D eigenvalue weighted by atomic mass is 16.4. The average molecular weight is 302 g/mol. The van der Waals surface area contributed by atoms with E-state index in [1.807, 2.05) is 11.8 Å². The van der Waals surface area contributed by atoms with Crippen molar-refractivity contribution < 1.29 is 15.0 Å². The van der Waals surface area contributed by atoms with Gasteiger partial charge < -0.3 is 10.2 Å². The topological polar surface area (TPSA) is 84.6 Å². The van der Waals surface area contributed by atoms with Gasteiger partial charge in [-0.25, -0.2) is 0 Å². The van der Waals surface area contributed by atoms with Crippen molar-refractivity contribution in [1.82, 2.24) is 4.90 Å². The lowest BCUT2D eigenvalue weighted by molar-refractivity contribution is -0.144. The molecule has 0 bridgehead atoms. The highest BCUT2D eigenvalue weighted by Crippen LogP contribution is 2.28. The molecule has 1 aromatic rings. The second kappa shape index (κ2) is 6.91. The molecule has 1 saturated heterocycles. The number of carboxylic acid groups (broad SMARTS) is 1. The standard InChI is InChI=1S/C17H22N2O3/c1-2-17(22,15-7-5-13(10-18)6-8-15)12-19-9-3-4-14(11-19)16(20)21/h5-8,14,22H,2-4,9,11-12H2,1H3,(H,20,21). The molecule has 2 atom stereocenters.